The number of nitrogens with zero attached hydrogens (tertiary/aromatic N) is 2. The summed E-state index contributed by atoms with van der Waals surface area (Å²) < 4.78 is 20.1. The molecule has 1 aliphatic heterocycles. The van der Waals surface area contributed by atoms with Crippen molar-refractivity contribution in [1.82, 2.24) is 9.29 Å². The lowest BCUT2D eigenvalue weighted by molar-refractivity contribution is 0.0690. The SMILES string of the molecule is COc1cccc(-c2cccc(-c3nc(C(=O)O)cc4c3[C@H](CCO)N(S(=O)C(C)(C)C)C4)c2)c1. The zero-order valence-corrected chi connectivity index (χ0v) is 21.1. The molecule has 1 aliphatic rings. The van der Waals surface area contributed by atoms with Gasteiger partial charge in [0.05, 0.1) is 23.6 Å². The number of aromatic nitrogens is 1. The molecule has 1 aromatic heterocycles. The van der Waals surface area contributed by atoms with Gasteiger partial charge in [-0.05, 0) is 68.1 Å². The van der Waals surface area contributed by atoms with Crippen molar-refractivity contribution in [3.63, 3.8) is 0 Å². The molecule has 0 radical (unpaired) electrons. The van der Waals surface area contributed by atoms with Crippen molar-refractivity contribution in [2.75, 3.05) is 13.7 Å². The molecule has 0 saturated heterocycles. The van der Waals surface area contributed by atoms with Crippen LogP contribution in [0.2, 0.25) is 0 Å². The Hall–Kier alpha value is -3.07. The van der Waals surface area contributed by atoms with E-state index in [2.05, 4.69) is 4.98 Å². The second-order valence-electron chi connectivity index (χ2n) is 9.51. The molecular formula is C27H30N2O5S. The van der Waals surface area contributed by atoms with Gasteiger partial charge in [0.15, 0.2) is 0 Å². The van der Waals surface area contributed by atoms with E-state index in [-0.39, 0.29) is 18.3 Å². The lowest BCUT2D eigenvalue weighted by atomic mass is 9.94. The molecule has 0 amide bonds. The van der Waals surface area contributed by atoms with Gasteiger partial charge in [-0.15, -0.1) is 0 Å². The van der Waals surface area contributed by atoms with Gasteiger partial charge in [-0.1, -0.05) is 30.3 Å². The van der Waals surface area contributed by atoms with Crippen molar-refractivity contribution in [1.29, 1.82) is 0 Å². The summed E-state index contributed by atoms with van der Waals surface area (Å²) >= 11 is 0. The molecule has 0 bridgehead atoms. The lowest BCUT2D eigenvalue weighted by Gasteiger charge is -2.30. The van der Waals surface area contributed by atoms with Crippen molar-refractivity contribution < 1.29 is 24.0 Å². The number of hydrogen-bond donors (Lipinski definition) is 2. The predicted molar refractivity (Wildman–Crippen MR) is 137 cm³/mol. The molecule has 7 nitrogen and oxygen atoms in total. The van der Waals surface area contributed by atoms with E-state index in [1.54, 1.807) is 13.2 Å². The smallest absolute Gasteiger partial charge is 0.354 e. The Bertz CT molecular complexity index is 1280. The zero-order valence-electron chi connectivity index (χ0n) is 20.3. The van der Waals surface area contributed by atoms with Crippen LogP contribution < -0.4 is 4.74 Å². The minimum absolute atomic E-state index is 0.0586. The second-order valence-corrected chi connectivity index (χ2v) is 11.7. The van der Waals surface area contributed by atoms with E-state index < -0.39 is 21.7 Å². The lowest BCUT2D eigenvalue weighted by Crippen LogP contribution is -2.36. The molecule has 3 aromatic rings. The van der Waals surface area contributed by atoms with Gasteiger partial charge in [-0.25, -0.2) is 18.3 Å². The molecule has 2 N–H and O–H groups in total. The van der Waals surface area contributed by atoms with Crippen LogP contribution in [0, 0.1) is 0 Å². The maximum atomic E-state index is 13.4. The minimum atomic E-state index is -1.36. The number of aliphatic hydroxyl groups excluding tert-OH is 1. The maximum Gasteiger partial charge on any atom is 0.354 e. The number of pyridine rings is 1. The number of aromatic carboxylic acids is 1. The Labute approximate surface area is 208 Å². The Kier molecular flexibility index (Phi) is 7.07. The summed E-state index contributed by atoms with van der Waals surface area (Å²) in [4.78, 5) is 16.5. The van der Waals surface area contributed by atoms with Gasteiger partial charge in [0, 0.05) is 24.3 Å². The Morgan fingerprint density at radius 1 is 1.11 bits per heavy atom. The number of fused-ring (bicyclic) bond motifs is 1. The first-order chi connectivity index (χ1) is 16.6. The first-order valence-electron chi connectivity index (χ1n) is 11.5. The van der Waals surface area contributed by atoms with Gasteiger partial charge in [0.25, 0.3) is 0 Å². The topological polar surface area (TPSA) is 100.0 Å². The van der Waals surface area contributed by atoms with Crippen LogP contribution in [0.1, 0.15) is 54.8 Å². The molecular weight excluding hydrogens is 464 g/mol. The van der Waals surface area contributed by atoms with Crippen LogP contribution in [0.5, 0.6) is 5.75 Å². The summed E-state index contributed by atoms with van der Waals surface area (Å²) in [5.41, 5.74) is 4.73. The second kappa shape index (κ2) is 9.89. The van der Waals surface area contributed by atoms with Crippen molar-refractivity contribution in [3.05, 3.63) is 71.4 Å². The van der Waals surface area contributed by atoms with E-state index in [1.165, 1.54) is 0 Å². The molecule has 2 heterocycles. The van der Waals surface area contributed by atoms with Gasteiger partial charge < -0.3 is 14.9 Å². The standard InChI is InChI=1S/C27H30N2O5S/c1-27(2,3)35(33)29-16-20-15-22(26(31)32)28-25(24(20)23(29)11-12-30)19-9-5-7-17(13-19)18-8-6-10-21(14-18)34-4/h5-10,13-15,23,30H,11-12,16H2,1-4H3,(H,31,32)/t23-,35?/m0/s1. The molecule has 0 spiro atoms. The Morgan fingerprint density at radius 3 is 2.40 bits per heavy atom. The number of aliphatic hydroxyl groups is 1. The van der Waals surface area contributed by atoms with Crippen LogP contribution in [0.25, 0.3) is 22.4 Å². The minimum Gasteiger partial charge on any atom is -0.497 e. The third-order valence-electron chi connectivity index (χ3n) is 6.05. The van der Waals surface area contributed by atoms with E-state index in [0.717, 1.165) is 33.6 Å². The molecule has 4 rings (SSSR count). The van der Waals surface area contributed by atoms with E-state index in [9.17, 15) is 19.2 Å². The fraction of sp³-hybridized carbons (Fsp3) is 0.333. The van der Waals surface area contributed by atoms with Crippen LogP contribution in [0.15, 0.2) is 54.6 Å². The fourth-order valence-electron chi connectivity index (χ4n) is 4.45. The maximum absolute atomic E-state index is 13.4. The Balaban J connectivity index is 1.89. The number of carbonyl (C=O) groups is 1. The van der Waals surface area contributed by atoms with Crippen molar-refractivity contribution in [2.24, 2.45) is 0 Å². The van der Waals surface area contributed by atoms with Crippen molar-refractivity contribution in [3.8, 4) is 28.1 Å². The van der Waals surface area contributed by atoms with Crippen molar-refractivity contribution >= 4 is 17.0 Å². The van der Waals surface area contributed by atoms with Gasteiger partial charge in [-0.2, -0.15) is 0 Å². The van der Waals surface area contributed by atoms with Crippen LogP contribution in [0.3, 0.4) is 0 Å². The summed E-state index contributed by atoms with van der Waals surface area (Å²) in [6.45, 7) is 5.95. The van der Waals surface area contributed by atoms with Crippen LogP contribution in [-0.2, 0) is 17.5 Å². The van der Waals surface area contributed by atoms with E-state index in [1.807, 2.05) is 73.6 Å². The number of methoxy groups -OCH3 is 1. The van der Waals surface area contributed by atoms with Gasteiger partial charge in [0.1, 0.15) is 22.4 Å². The van der Waals surface area contributed by atoms with Crippen LogP contribution in [0.4, 0.5) is 0 Å². The largest absolute Gasteiger partial charge is 0.497 e. The van der Waals surface area contributed by atoms with Crippen LogP contribution in [-0.4, -0.2) is 48.1 Å². The highest BCUT2D eigenvalue weighted by Crippen LogP contribution is 2.44. The first-order valence-corrected chi connectivity index (χ1v) is 12.6. The van der Waals surface area contributed by atoms with Gasteiger partial charge >= 0.3 is 5.97 Å². The number of hydrogen-bond acceptors (Lipinski definition) is 5. The third kappa shape index (κ3) is 5.00. The molecule has 184 valence electrons. The molecule has 35 heavy (non-hydrogen) atoms. The number of carboxylic acid groups (broad SMARTS) is 1. The zero-order chi connectivity index (χ0) is 25.3. The van der Waals surface area contributed by atoms with Crippen LogP contribution >= 0.6 is 0 Å². The molecule has 2 atom stereocenters. The quantitative estimate of drug-likeness (QED) is 0.488. The Morgan fingerprint density at radius 2 is 1.77 bits per heavy atom. The summed E-state index contributed by atoms with van der Waals surface area (Å²) in [5.74, 6) is -0.379. The van der Waals surface area contributed by atoms with Gasteiger partial charge in [0.2, 0.25) is 0 Å². The normalized spacial score (nSPS) is 16.7. The predicted octanol–water partition coefficient (Wildman–Crippen LogP) is 4.82. The molecule has 2 aromatic carbocycles. The molecule has 0 aliphatic carbocycles. The number of carboxylic acids is 1. The van der Waals surface area contributed by atoms with E-state index in [0.29, 0.717) is 18.7 Å². The molecule has 1 unspecified atom stereocenters. The molecule has 8 heteroatoms. The van der Waals surface area contributed by atoms with E-state index in [4.69, 9.17) is 4.74 Å². The first kappa shape index (κ1) is 25.0. The molecule has 0 saturated carbocycles. The summed E-state index contributed by atoms with van der Waals surface area (Å²) in [5, 5.41) is 19.6. The summed E-state index contributed by atoms with van der Waals surface area (Å²) in [6, 6.07) is 16.7. The fourth-order valence-corrected chi connectivity index (χ4v) is 5.85. The number of ether oxygens (including phenoxy) is 1. The number of rotatable bonds is 7. The third-order valence-corrected chi connectivity index (χ3v) is 7.91. The average Bonchev–Trinajstić information content (AvgIpc) is 3.20. The van der Waals surface area contributed by atoms with Crippen molar-refractivity contribution in [2.45, 2.75) is 44.5 Å². The highest BCUT2D eigenvalue weighted by atomic mass is 32.2. The average molecular weight is 495 g/mol. The molecule has 0 fully saturated rings. The monoisotopic (exact) mass is 494 g/mol. The summed E-state index contributed by atoms with van der Waals surface area (Å²) in [6.07, 6.45) is 0.367. The van der Waals surface area contributed by atoms with E-state index >= 15 is 0 Å². The highest BCUT2D eigenvalue weighted by molar-refractivity contribution is 7.84. The van der Waals surface area contributed by atoms with Gasteiger partial charge in [-0.3, -0.25) is 0 Å². The summed E-state index contributed by atoms with van der Waals surface area (Å²) in [7, 11) is 0.263. The number of benzene rings is 2. The highest BCUT2D eigenvalue weighted by Gasteiger charge is 2.40.